The van der Waals surface area contributed by atoms with E-state index >= 15 is 0 Å². The maximum absolute atomic E-state index is 2.43. The van der Waals surface area contributed by atoms with E-state index in [1.54, 1.807) is 0 Å². The third-order valence-corrected chi connectivity index (χ3v) is 13.6. The third-order valence-electron chi connectivity index (χ3n) is 11.4. The second kappa shape index (κ2) is 11.6. The summed E-state index contributed by atoms with van der Waals surface area (Å²) in [4.78, 5) is 0. The minimum atomic E-state index is 1.23. The number of hydrogen-bond acceptors (Lipinski definition) is 2. The summed E-state index contributed by atoms with van der Waals surface area (Å²) >= 11 is 3.82. The Morgan fingerprint density at radius 1 is 0.241 bits per heavy atom. The molecule has 0 unspecified atom stereocenters. The largest absolute Gasteiger partial charge is 0.135 e. The number of rotatable bonds is 3. The summed E-state index contributed by atoms with van der Waals surface area (Å²) in [5.41, 5.74) is 7.58. The molecular weight excluding hydrogens is 689 g/mol. The summed E-state index contributed by atoms with van der Waals surface area (Å²) in [7, 11) is 0. The van der Waals surface area contributed by atoms with E-state index in [4.69, 9.17) is 0 Å². The summed E-state index contributed by atoms with van der Waals surface area (Å²) in [6, 6.07) is 67.9. The van der Waals surface area contributed by atoms with Crippen molar-refractivity contribution in [2.75, 3.05) is 0 Å². The van der Waals surface area contributed by atoms with Gasteiger partial charge in [0.1, 0.15) is 0 Å². The van der Waals surface area contributed by atoms with Crippen molar-refractivity contribution in [1.29, 1.82) is 0 Å². The number of thiophene rings is 2. The highest BCUT2D eigenvalue weighted by Gasteiger charge is 2.19. The molecule has 0 aliphatic heterocycles. The molecule has 12 rings (SSSR count). The van der Waals surface area contributed by atoms with Gasteiger partial charge in [-0.05, 0) is 113 Å². The summed E-state index contributed by atoms with van der Waals surface area (Å²) in [6.45, 7) is 0. The molecule has 0 atom stereocenters. The van der Waals surface area contributed by atoms with Crippen LogP contribution in [0.1, 0.15) is 0 Å². The van der Waals surface area contributed by atoms with E-state index in [2.05, 4.69) is 182 Å². The maximum Gasteiger partial charge on any atom is 0.0362 e. The second-order valence-corrected chi connectivity index (χ2v) is 16.6. The Kier molecular flexibility index (Phi) is 6.48. The number of fused-ring (bicyclic) bond motifs is 10. The summed E-state index contributed by atoms with van der Waals surface area (Å²) in [5, 5.41) is 15.7. The smallest absolute Gasteiger partial charge is 0.0362 e. The standard InChI is InChI=1S/C52H30S2/c1-2-13-34-27-48-44(26-33(34)12-1)46-30-49-45(29-50(46)54-48)38-24-23-35(28-47(38)53-49)32-15-9-16-36(25-32)51-40-18-5-7-20-42(40)52(43-21-8-6-19-41(43)51)39-22-10-14-31-11-3-4-17-37(31)39/h1-30H. The average molecular weight is 719 g/mol. The summed E-state index contributed by atoms with van der Waals surface area (Å²) in [5.74, 6) is 0. The van der Waals surface area contributed by atoms with Crippen LogP contribution in [0.4, 0.5) is 0 Å². The SMILES string of the molecule is c1cc(-c2ccc3c(c2)sc2cc4c(cc23)sc2cc3ccccc3cc24)cc(-c2c3ccccc3c(-c3cccc4ccccc34)c3ccccc23)c1. The van der Waals surface area contributed by atoms with Crippen molar-refractivity contribution in [3.8, 4) is 33.4 Å². The molecule has 0 N–H and O–H groups in total. The van der Waals surface area contributed by atoms with Crippen LogP contribution in [-0.4, -0.2) is 0 Å². The first kappa shape index (κ1) is 30.2. The first-order valence-corrected chi connectivity index (χ1v) is 20.1. The van der Waals surface area contributed by atoms with Crippen LogP contribution in [-0.2, 0) is 0 Å². The molecule has 0 fully saturated rings. The lowest BCUT2D eigenvalue weighted by Crippen LogP contribution is -1.92. The maximum atomic E-state index is 2.43. The predicted molar refractivity (Wildman–Crippen MR) is 239 cm³/mol. The molecule has 2 heterocycles. The van der Waals surface area contributed by atoms with Crippen molar-refractivity contribution in [2.45, 2.75) is 0 Å². The van der Waals surface area contributed by atoms with Gasteiger partial charge in [0.05, 0.1) is 0 Å². The molecule has 0 radical (unpaired) electrons. The van der Waals surface area contributed by atoms with Crippen LogP contribution in [0.15, 0.2) is 182 Å². The molecule has 10 aromatic carbocycles. The van der Waals surface area contributed by atoms with Crippen LogP contribution in [0.2, 0.25) is 0 Å². The van der Waals surface area contributed by atoms with Gasteiger partial charge in [-0.15, -0.1) is 22.7 Å². The van der Waals surface area contributed by atoms with Crippen LogP contribution < -0.4 is 0 Å². The van der Waals surface area contributed by atoms with Crippen molar-refractivity contribution in [1.82, 2.24) is 0 Å². The van der Waals surface area contributed by atoms with Gasteiger partial charge in [-0.25, -0.2) is 0 Å². The Labute approximate surface area is 319 Å². The molecule has 0 amide bonds. The van der Waals surface area contributed by atoms with Gasteiger partial charge < -0.3 is 0 Å². The van der Waals surface area contributed by atoms with Crippen molar-refractivity contribution in [3.05, 3.63) is 182 Å². The Balaban J connectivity index is 1.02. The Morgan fingerprint density at radius 2 is 0.722 bits per heavy atom. The fourth-order valence-electron chi connectivity index (χ4n) is 8.94. The van der Waals surface area contributed by atoms with Gasteiger partial charge in [-0.1, -0.05) is 146 Å². The lowest BCUT2D eigenvalue weighted by molar-refractivity contribution is 1.63. The van der Waals surface area contributed by atoms with E-state index < -0.39 is 0 Å². The summed E-state index contributed by atoms with van der Waals surface area (Å²) < 4.78 is 5.39. The molecule has 12 aromatic rings. The van der Waals surface area contributed by atoms with E-state index in [9.17, 15) is 0 Å². The molecule has 0 bridgehead atoms. The molecule has 0 aliphatic carbocycles. The van der Waals surface area contributed by atoms with E-state index in [0.29, 0.717) is 0 Å². The zero-order valence-electron chi connectivity index (χ0n) is 29.1. The van der Waals surface area contributed by atoms with E-state index in [0.717, 1.165) is 0 Å². The third kappa shape index (κ3) is 4.48. The minimum Gasteiger partial charge on any atom is -0.135 e. The van der Waals surface area contributed by atoms with Gasteiger partial charge in [0.25, 0.3) is 0 Å². The monoisotopic (exact) mass is 718 g/mol. The van der Waals surface area contributed by atoms with Crippen LogP contribution in [0.3, 0.4) is 0 Å². The van der Waals surface area contributed by atoms with E-state index in [-0.39, 0.29) is 0 Å². The van der Waals surface area contributed by atoms with Crippen LogP contribution in [0.5, 0.6) is 0 Å². The number of benzene rings is 10. The highest BCUT2D eigenvalue weighted by atomic mass is 32.1. The second-order valence-electron chi connectivity index (χ2n) is 14.4. The molecule has 54 heavy (non-hydrogen) atoms. The molecule has 0 saturated carbocycles. The zero-order chi connectivity index (χ0) is 35.3. The highest BCUT2D eigenvalue weighted by molar-refractivity contribution is 7.27. The molecule has 0 nitrogen and oxygen atoms in total. The first-order chi connectivity index (χ1) is 26.7. The quantitative estimate of drug-likeness (QED) is 0.160. The van der Waals surface area contributed by atoms with Crippen LogP contribution in [0, 0.1) is 0 Å². The minimum absolute atomic E-state index is 1.23. The van der Waals surface area contributed by atoms with Crippen molar-refractivity contribution >= 4 is 106 Å². The Morgan fingerprint density at radius 3 is 1.44 bits per heavy atom. The van der Waals surface area contributed by atoms with Crippen molar-refractivity contribution in [3.63, 3.8) is 0 Å². The lowest BCUT2D eigenvalue weighted by atomic mass is 9.84. The lowest BCUT2D eigenvalue weighted by Gasteiger charge is -2.19. The van der Waals surface area contributed by atoms with Gasteiger partial charge in [0.2, 0.25) is 0 Å². The van der Waals surface area contributed by atoms with Gasteiger partial charge in [0, 0.05) is 40.3 Å². The molecule has 2 heteroatoms. The molecular formula is C52H30S2. The summed E-state index contributed by atoms with van der Waals surface area (Å²) in [6.07, 6.45) is 0. The van der Waals surface area contributed by atoms with Gasteiger partial charge >= 0.3 is 0 Å². The first-order valence-electron chi connectivity index (χ1n) is 18.5. The molecule has 0 spiro atoms. The van der Waals surface area contributed by atoms with Gasteiger partial charge in [-0.2, -0.15) is 0 Å². The molecule has 250 valence electrons. The predicted octanol–water partition coefficient (Wildman–Crippen LogP) is 16.0. The van der Waals surface area contributed by atoms with Crippen molar-refractivity contribution in [2.24, 2.45) is 0 Å². The molecule has 2 aromatic heterocycles. The van der Waals surface area contributed by atoms with E-state index in [1.165, 1.54) is 117 Å². The zero-order valence-corrected chi connectivity index (χ0v) is 30.8. The molecule has 0 aliphatic rings. The highest BCUT2D eigenvalue weighted by Crippen LogP contribution is 2.47. The fourth-order valence-corrected chi connectivity index (χ4v) is 11.3. The van der Waals surface area contributed by atoms with Gasteiger partial charge in [-0.3, -0.25) is 0 Å². The topological polar surface area (TPSA) is 0 Å². The average Bonchev–Trinajstić information content (AvgIpc) is 3.76. The number of hydrogen-bond donors (Lipinski definition) is 0. The van der Waals surface area contributed by atoms with Gasteiger partial charge in [0.15, 0.2) is 0 Å². The van der Waals surface area contributed by atoms with Crippen LogP contribution >= 0.6 is 22.7 Å². The van der Waals surface area contributed by atoms with Crippen molar-refractivity contribution < 1.29 is 0 Å². The Bertz CT molecular complexity index is 3440. The van der Waals surface area contributed by atoms with Crippen LogP contribution in [0.25, 0.3) is 117 Å². The fraction of sp³-hybridized carbons (Fsp3) is 0. The molecule has 0 saturated heterocycles. The Hall–Kier alpha value is -6.32. The normalized spacial score (nSPS) is 12.1. The van der Waals surface area contributed by atoms with E-state index in [1.807, 2.05) is 22.7 Å².